The van der Waals surface area contributed by atoms with Gasteiger partial charge >= 0.3 is 5.97 Å². The van der Waals surface area contributed by atoms with Gasteiger partial charge in [-0.1, -0.05) is 25.6 Å². The minimum Gasteiger partial charge on any atom is -0.481 e. The second kappa shape index (κ2) is 7.55. The molecule has 0 fully saturated rings. The molecule has 0 bridgehead atoms. The molecule has 0 aliphatic carbocycles. The molecular formula is C13H22N2O3S. The van der Waals surface area contributed by atoms with E-state index in [4.69, 9.17) is 9.84 Å². The van der Waals surface area contributed by atoms with Crippen LogP contribution >= 0.6 is 11.8 Å². The molecule has 1 atom stereocenters. The number of thioether (sulfide) groups is 1. The number of ether oxygens (including phenoxy) is 1. The van der Waals surface area contributed by atoms with Crippen LogP contribution in [0.3, 0.4) is 0 Å². The number of carboxylic acids is 1. The van der Waals surface area contributed by atoms with Crippen LogP contribution in [0.15, 0.2) is 11.4 Å². The normalized spacial score (nSPS) is 12.9. The highest BCUT2D eigenvalue weighted by molar-refractivity contribution is 7.99. The van der Waals surface area contributed by atoms with Crippen LogP contribution in [-0.2, 0) is 9.53 Å². The number of rotatable bonds is 8. The van der Waals surface area contributed by atoms with Crippen molar-refractivity contribution in [3.63, 3.8) is 0 Å². The molecule has 108 valence electrons. The minimum absolute atomic E-state index is 0.0237. The van der Waals surface area contributed by atoms with Gasteiger partial charge in [0.25, 0.3) is 0 Å². The molecule has 0 saturated carbocycles. The predicted molar refractivity (Wildman–Crippen MR) is 75.7 cm³/mol. The van der Waals surface area contributed by atoms with E-state index in [0.29, 0.717) is 19.1 Å². The molecule has 1 rings (SSSR count). The van der Waals surface area contributed by atoms with Gasteiger partial charge in [-0.3, -0.25) is 4.79 Å². The quantitative estimate of drug-likeness (QED) is 0.744. The summed E-state index contributed by atoms with van der Waals surface area (Å²) in [7, 11) is 0. The fourth-order valence-corrected chi connectivity index (χ4v) is 2.60. The van der Waals surface area contributed by atoms with Gasteiger partial charge in [-0.05, 0) is 19.8 Å². The van der Waals surface area contributed by atoms with E-state index >= 15 is 0 Å². The maximum atomic E-state index is 10.7. The summed E-state index contributed by atoms with van der Waals surface area (Å²) in [5.74, 6) is -0.414. The lowest BCUT2D eigenvalue weighted by Gasteiger charge is -2.23. The largest absolute Gasteiger partial charge is 0.481 e. The maximum absolute atomic E-state index is 10.7. The van der Waals surface area contributed by atoms with Crippen molar-refractivity contribution in [1.82, 2.24) is 9.55 Å². The molecule has 0 aliphatic rings. The second-order valence-corrected chi connectivity index (χ2v) is 5.67. The van der Waals surface area contributed by atoms with Gasteiger partial charge in [0.1, 0.15) is 0 Å². The Balaban J connectivity index is 2.91. The fourth-order valence-electron chi connectivity index (χ4n) is 1.80. The number of aromatic nitrogens is 2. The Morgan fingerprint density at radius 2 is 2.26 bits per heavy atom. The van der Waals surface area contributed by atoms with Crippen molar-refractivity contribution in [3.8, 4) is 0 Å². The molecule has 0 aromatic carbocycles. The van der Waals surface area contributed by atoms with Crippen LogP contribution in [0, 0.1) is 12.8 Å². The second-order valence-electron chi connectivity index (χ2n) is 4.73. The Labute approximate surface area is 118 Å². The Bertz CT molecular complexity index is 418. The monoisotopic (exact) mass is 286 g/mol. The fraction of sp³-hybridized carbons (Fsp3) is 0.692. The highest BCUT2D eigenvalue weighted by atomic mass is 32.2. The van der Waals surface area contributed by atoms with Gasteiger partial charge in [0.2, 0.25) is 0 Å². The van der Waals surface area contributed by atoms with Crippen LogP contribution in [0.5, 0.6) is 0 Å². The summed E-state index contributed by atoms with van der Waals surface area (Å²) in [5, 5.41) is 9.53. The van der Waals surface area contributed by atoms with Crippen LogP contribution in [0.4, 0.5) is 0 Å². The van der Waals surface area contributed by atoms with Crippen molar-refractivity contribution in [1.29, 1.82) is 0 Å². The number of imidazole rings is 1. The SMILES string of the molecule is CCOCC(C(C)C)n1cc(C)nc1SCC(=O)O. The molecular weight excluding hydrogens is 264 g/mol. The first-order valence-electron chi connectivity index (χ1n) is 6.43. The van der Waals surface area contributed by atoms with Gasteiger partial charge in [0.15, 0.2) is 5.16 Å². The average molecular weight is 286 g/mol. The smallest absolute Gasteiger partial charge is 0.313 e. The zero-order valence-corrected chi connectivity index (χ0v) is 12.7. The Hall–Kier alpha value is -1.01. The number of carboxylic acid groups (broad SMARTS) is 1. The van der Waals surface area contributed by atoms with E-state index in [9.17, 15) is 4.79 Å². The molecule has 0 radical (unpaired) electrons. The molecule has 1 aromatic heterocycles. The molecule has 1 unspecified atom stereocenters. The van der Waals surface area contributed by atoms with Crippen LogP contribution in [0.2, 0.25) is 0 Å². The predicted octanol–water partition coefficient (Wildman–Crippen LogP) is 2.60. The standard InChI is InChI=1S/C13H22N2O3S/c1-5-18-7-11(9(2)3)15-6-10(4)14-13(15)19-8-12(16)17/h6,9,11H,5,7-8H2,1-4H3,(H,16,17). The zero-order chi connectivity index (χ0) is 14.4. The molecule has 1 N–H and O–H groups in total. The third kappa shape index (κ3) is 4.87. The number of aryl methyl sites for hydroxylation is 1. The lowest BCUT2D eigenvalue weighted by Crippen LogP contribution is -2.21. The zero-order valence-electron chi connectivity index (χ0n) is 11.9. The van der Waals surface area contributed by atoms with Crippen LogP contribution in [0.25, 0.3) is 0 Å². The Kier molecular flexibility index (Phi) is 6.37. The average Bonchev–Trinajstić information content (AvgIpc) is 2.68. The third-order valence-corrected chi connectivity index (χ3v) is 3.71. The molecule has 0 amide bonds. The number of carbonyl (C=O) groups is 1. The van der Waals surface area contributed by atoms with E-state index in [1.54, 1.807) is 0 Å². The van der Waals surface area contributed by atoms with E-state index in [1.165, 1.54) is 11.8 Å². The van der Waals surface area contributed by atoms with Crippen molar-refractivity contribution >= 4 is 17.7 Å². The highest BCUT2D eigenvalue weighted by Crippen LogP contribution is 2.26. The third-order valence-electron chi connectivity index (χ3n) is 2.76. The number of hydrogen-bond acceptors (Lipinski definition) is 4. The van der Waals surface area contributed by atoms with Crippen molar-refractivity contribution in [2.75, 3.05) is 19.0 Å². The summed E-state index contributed by atoms with van der Waals surface area (Å²) in [6, 6.07) is 0.178. The summed E-state index contributed by atoms with van der Waals surface area (Å²) >= 11 is 1.25. The van der Waals surface area contributed by atoms with Crippen molar-refractivity contribution in [2.45, 2.75) is 38.9 Å². The highest BCUT2D eigenvalue weighted by Gasteiger charge is 2.20. The maximum Gasteiger partial charge on any atom is 0.313 e. The molecule has 0 saturated heterocycles. The van der Waals surface area contributed by atoms with Gasteiger partial charge in [-0.25, -0.2) is 4.98 Å². The summed E-state index contributed by atoms with van der Waals surface area (Å²) < 4.78 is 7.57. The summed E-state index contributed by atoms with van der Waals surface area (Å²) in [4.78, 5) is 15.1. The molecule has 1 aromatic rings. The van der Waals surface area contributed by atoms with E-state index in [1.807, 2.05) is 24.6 Å². The molecule has 0 spiro atoms. The minimum atomic E-state index is -0.830. The van der Waals surface area contributed by atoms with Crippen LogP contribution in [0.1, 0.15) is 32.5 Å². The van der Waals surface area contributed by atoms with Gasteiger partial charge < -0.3 is 14.4 Å². The van der Waals surface area contributed by atoms with E-state index in [-0.39, 0.29) is 11.8 Å². The van der Waals surface area contributed by atoms with Gasteiger partial charge in [-0.15, -0.1) is 0 Å². The van der Waals surface area contributed by atoms with Crippen LogP contribution < -0.4 is 0 Å². The molecule has 5 nitrogen and oxygen atoms in total. The summed E-state index contributed by atoms with van der Waals surface area (Å²) in [6.45, 7) is 9.43. The first-order valence-corrected chi connectivity index (χ1v) is 7.42. The van der Waals surface area contributed by atoms with Crippen molar-refractivity contribution < 1.29 is 14.6 Å². The molecule has 6 heteroatoms. The van der Waals surface area contributed by atoms with E-state index in [0.717, 1.165) is 10.9 Å². The Morgan fingerprint density at radius 3 is 2.79 bits per heavy atom. The lowest BCUT2D eigenvalue weighted by atomic mass is 10.1. The number of nitrogens with zero attached hydrogens (tertiary/aromatic N) is 2. The molecule has 1 heterocycles. The number of aliphatic carboxylic acids is 1. The molecule has 0 aliphatic heterocycles. The van der Waals surface area contributed by atoms with E-state index < -0.39 is 5.97 Å². The lowest BCUT2D eigenvalue weighted by molar-refractivity contribution is -0.133. The summed E-state index contributed by atoms with van der Waals surface area (Å²) in [6.07, 6.45) is 1.97. The topological polar surface area (TPSA) is 64.4 Å². The van der Waals surface area contributed by atoms with Gasteiger partial charge in [0, 0.05) is 12.8 Å². The van der Waals surface area contributed by atoms with E-state index in [2.05, 4.69) is 18.8 Å². The van der Waals surface area contributed by atoms with Crippen molar-refractivity contribution in [3.05, 3.63) is 11.9 Å². The first-order chi connectivity index (χ1) is 8.95. The Morgan fingerprint density at radius 1 is 1.58 bits per heavy atom. The number of hydrogen-bond donors (Lipinski definition) is 1. The first kappa shape index (κ1) is 16.0. The van der Waals surface area contributed by atoms with Gasteiger partial charge in [0.05, 0.1) is 24.1 Å². The van der Waals surface area contributed by atoms with Crippen molar-refractivity contribution in [2.24, 2.45) is 5.92 Å². The van der Waals surface area contributed by atoms with Gasteiger partial charge in [-0.2, -0.15) is 0 Å². The molecule has 19 heavy (non-hydrogen) atoms. The summed E-state index contributed by atoms with van der Waals surface area (Å²) in [5.41, 5.74) is 0.898. The van der Waals surface area contributed by atoms with Crippen LogP contribution in [-0.4, -0.2) is 39.6 Å².